The minimum absolute atomic E-state index is 0.385. The first kappa shape index (κ1) is 12.0. The van der Waals surface area contributed by atoms with Crippen LogP contribution in [0.15, 0.2) is 35.9 Å². The number of carboxylic acid groups (broad SMARTS) is 1. The second-order valence-electron chi connectivity index (χ2n) is 3.38. The van der Waals surface area contributed by atoms with Crippen molar-refractivity contribution < 1.29 is 14.7 Å². The molecule has 0 atom stereocenters. The second kappa shape index (κ2) is 5.11. The number of carbonyl (C=O) groups is 2. The maximum atomic E-state index is 11.6. The zero-order chi connectivity index (χ0) is 12.1. The van der Waals surface area contributed by atoms with E-state index in [4.69, 9.17) is 5.11 Å². The third-order valence-electron chi connectivity index (χ3n) is 2.11. The highest BCUT2D eigenvalue weighted by Gasteiger charge is 2.16. The highest BCUT2D eigenvalue weighted by atomic mass is 16.4. The van der Waals surface area contributed by atoms with Crippen molar-refractivity contribution in [3.05, 3.63) is 41.5 Å². The van der Waals surface area contributed by atoms with Crippen LogP contribution in [0, 0.1) is 0 Å². The zero-order valence-electron chi connectivity index (χ0n) is 9.18. The monoisotopic (exact) mass is 219 g/mol. The predicted molar refractivity (Wildman–Crippen MR) is 60.9 cm³/mol. The van der Waals surface area contributed by atoms with Gasteiger partial charge >= 0.3 is 6.09 Å². The van der Waals surface area contributed by atoms with Gasteiger partial charge in [-0.1, -0.05) is 30.3 Å². The van der Waals surface area contributed by atoms with Crippen molar-refractivity contribution in [2.45, 2.75) is 6.92 Å². The van der Waals surface area contributed by atoms with Crippen LogP contribution in [0.2, 0.25) is 0 Å². The van der Waals surface area contributed by atoms with Crippen molar-refractivity contribution in [2.75, 3.05) is 7.05 Å². The summed E-state index contributed by atoms with van der Waals surface area (Å²) in [5, 5.41) is 8.65. The van der Waals surface area contributed by atoms with E-state index in [9.17, 15) is 9.59 Å². The lowest BCUT2D eigenvalue weighted by Gasteiger charge is -2.10. The van der Waals surface area contributed by atoms with Crippen molar-refractivity contribution in [3.63, 3.8) is 0 Å². The first-order valence-electron chi connectivity index (χ1n) is 4.76. The normalized spacial score (nSPS) is 11.0. The van der Waals surface area contributed by atoms with E-state index >= 15 is 0 Å². The van der Waals surface area contributed by atoms with E-state index in [1.807, 2.05) is 30.3 Å². The summed E-state index contributed by atoms with van der Waals surface area (Å²) in [7, 11) is 1.23. The summed E-state index contributed by atoms with van der Waals surface area (Å²) in [5.74, 6) is -0.517. The number of benzene rings is 1. The second-order valence-corrected chi connectivity index (χ2v) is 3.38. The maximum Gasteiger partial charge on any atom is 0.414 e. The van der Waals surface area contributed by atoms with Crippen molar-refractivity contribution in [3.8, 4) is 0 Å². The Bertz CT molecular complexity index is 423. The molecule has 84 valence electrons. The third-order valence-corrected chi connectivity index (χ3v) is 2.11. The Hall–Kier alpha value is -2.10. The lowest BCUT2D eigenvalue weighted by molar-refractivity contribution is -0.123. The van der Waals surface area contributed by atoms with Crippen LogP contribution in [0.1, 0.15) is 12.5 Å². The van der Waals surface area contributed by atoms with E-state index in [1.54, 1.807) is 13.0 Å². The molecule has 0 aliphatic carbocycles. The van der Waals surface area contributed by atoms with Gasteiger partial charge in [-0.3, -0.25) is 4.79 Å². The highest BCUT2D eigenvalue weighted by molar-refractivity contribution is 6.04. The van der Waals surface area contributed by atoms with E-state index in [0.29, 0.717) is 10.5 Å². The average molecular weight is 219 g/mol. The molecule has 0 unspecified atom stereocenters. The molecule has 16 heavy (non-hydrogen) atoms. The summed E-state index contributed by atoms with van der Waals surface area (Å²) in [5.41, 5.74) is 1.25. The van der Waals surface area contributed by atoms with Gasteiger partial charge in [0.25, 0.3) is 5.91 Å². The molecule has 1 N–H and O–H groups in total. The van der Waals surface area contributed by atoms with Gasteiger partial charge in [0.15, 0.2) is 0 Å². The van der Waals surface area contributed by atoms with Crippen LogP contribution >= 0.6 is 0 Å². The molecule has 0 spiro atoms. The van der Waals surface area contributed by atoms with Crippen molar-refractivity contribution in [2.24, 2.45) is 0 Å². The number of hydrogen-bond donors (Lipinski definition) is 1. The van der Waals surface area contributed by atoms with Crippen LogP contribution < -0.4 is 0 Å². The summed E-state index contributed by atoms with van der Waals surface area (Å²) in [6, 6.07) is 9.27. The fourth-order valence-corrected chi connectivity index (χ4v) is 1.21. The lowest BCUT2D eigenvalue weighted by atomic mass is 10.1. The zero-order valence-corrected chi connectivity index (χ0v) is 9.18. The summed E-state index contributed by atoms with van der Waals surface area (Å²) >= 11 is 0. The number of likely N-dealkylation sites (N-methyl/N-ethyl adjacent to an activating group) is 1. The van der Waals surface area contributed by atoms with Gasteiger partial charge < -0.3 is 5.11 Å². The lowest BCUT2D eigenvalue weighted by Crippen LogP contribution is -2.32. The molecule has 0 saturated heterocycles. The minimum Gasteiger partial charge on any atom is -0.465 e. The van der Waals surface area contributed by atoms with Gasteiger partial charge in [0.2, 0.25) is 0 Å². The Labute approximate surface area is 93.8 Å². The van der Waals surface area contributed by atoms with E-state index in [2.05, 4.69) is 0 Å². The molecular formula is C12H13NO3. The molecule has 0 bridgehead atoms. The Morgan fingerprint density at radius 2 is 1.81 bits per heavy atom. The van der Waals surface area contributed by atoms with Gasteiger partial charge in [-0.15, -0.1) is 0 Å². The van der Waals surface area contributed by atoms with Gasteiger partial charge in [-0.05, 0) is 18.6 Å². The molecule has 0 fully saturated rings. The molecule has 0 heterocycles. The SMILES string of the molecule is CC(=Cc1ccccc1)C(=O)N(C)C(=O)O. The number of amides is 2. The largest absolute Gasteiger partial charge is 0.465 e. The molecule has 2 amide bonds. The Balaban J connectivity index is 2.86. The van der Waals surface area contributed by atoms with Gasteiger partial charge in [0.05, 0.1) is 0 Å². The Morgan fingerprint density at radius 1 is 1.25 bits per heavy atom. The Kier molecular flexibility index (Phi) is 3.83. The van der Waals surface area contributed by atoms with Crippen LogP contribution in [-0.2, 0) is 4.79 Å². The van der Waals surface area contributed by atoms with Crippen molar-refractivity contribution in [1.82, 2.24) is 4.90 Å². The minimum atomic E-state index is -1.26. The van der Waals surface area contributed by atoms with Gasteiger partial charge in [0.1, 0.15) is 0 Å². The van der Waals surface area contributed by atoms with Crippen LogP contribution in [0.25, 0.3) is 6.08 Å². The van der Waals surface area contributed by atoms with E-state index < -0.39 is 12.0 Å². The quantitative estimate of drug-likeness (QED) is 0.776. The van der Waals surface area contributed by atoms with Crippen LogP contribution in [0.4, 0.5) is 4.79 Å². The van der Waals surface area contributed by atoms with Crippen molar-refractivity contribution in [1.29, 1.82) is 0 Å². The maximum absolute atomic E-state index is 11.6. The number of imide groups is 1. The Morgan fingerprint density at radius 3 is 2.31 bits per heavy atom. The number of hydrogen-bond acceptors (Lipinski definition) is 2. The third kappa shape index (κ3) is 2.95. The van der Waals surface area contributed by atoms with Crippen LogP contribution in [0.3, 0.4) is 0 Å². The molecule has 0 aliphatic heterocycles. The summed E-state index contributed by atoms with van der Waals surface area (Å²) < 4.78 is 0. The van der Waals surface area contributed by atoms with Gasteiger partial charge in [-0.2, -0.15) is 0 Å². The molecule has 0 aromatic heterocycles. The smallest absolute Gasteiger partial charge is 0.414 e. The molecule has 4 nitrogen and oxygen atoms in total. The number of nitrogens with zero attached hydrogens (tertiary/aromatic N) is 1. The number of rotatable bonds is 2. The molecule has 0 aliphatic rings. The fourth-order valence-electron chi connectivity index (χ4n) is 1.21. The van der Waals surface area contributed by atoms with Gasteiger partial charge in [-0.25, -0.2) is 9.69 Å². The molecule has 0 saturated carbocycles. The standard InChI is InChI=1S/C12H13NO3/c1-9(11(14)13(2)12(15)16)8-10-6-4-3-5-7-10/h3-8H,1-2H3,(H,15,16). The average Bonchev–Trinajstić information content (AvgIpc) is 2.28. The summed E-state index contributed by atoms with van der Waals surface area (Å²) in [4.78, 5) is 22.8. The van der Waals surface area contributed by atoms with E-state index in [-0.39, 0.29) is 0 Å². The predicted octanol–water partition coefficient (Wildman–Crippen LogP) is 2.23. The topological polar surface area (TPSA) is 57.6 Å². The molecule has 4 heteroatoms. The first-order valence-corrected chi connectivity index (χ1v) is 4.76. The molecular weight excluding hydrogens is 206 g/mol. The number of carbonyl (C=O) groups excluding carboxylic acids is 1. The molecule has 1 aromatic rings. The highest BCUT2D eigenvalue weighted by Crippen LogP contribution is 2.08. The summed E-state index contributed by atoms with van der Waals surface area (Å²) in [6.07, 6.45) is 0.396. The summed E-state index contributed by atoms with van der Waals surface area (Å²) in [6.45, 7) is 1.59. The van der Waals surface area contributed by atoms with E-state index in [1.165, 1.54) is 7.05 Å². The van der Waals surface area contributed by atoms with E-state index in [0.717, 1.165) is 5.56 Å². The molecule has 1 aromatic carbocycles. The van der Waals surface area contributed by atoms with Crippen LogP contribution in [0.5, 0.6) is 0 Å². The first-order chi connectivity index (χ1) is 7.52. The van der Waals surface area contributed by atoms with Crippen LogP contribution in [-0.4, -0.2) is 29.1 Å². The van der Waals surface area contributed by atoms with Gasteiger partial charge in [0, 0.05) is 12.6 Å². The fraction of sp³-hybridized carbons (Fsp3) is 0.167. The molecule has 0 radical (unpaired) electrons. The van der Waals surface area contributed by atoms with Crippen molar-refractivity contribution >= 4 is 18.1 Å². The molecule has 1 rings (SSSR count).